The third-order valence-electron chi connectivity index (χ3n) is 3.24. The molecule has 0 aliphatic rings. The predicted molar refractivity (Wildman–Crippen MR) is 97.5 cm³/mol. The van der Waals surface area contributed by atoms with Gasteiger partial charge in [-0.2, -0.15) is 4.98 Å². The van der Waals surface area contributed by atoms with Gasteiger partial charge in [0.2, 0.25) is 5.95 Å². The van der Waals surface area contributed by atoms with Gasteiger partial charge < -0.3 is 30.6 Å². The Hall–Kier alpha value is -2.42. The first-order valence-electron chi connectivity index (χ1n) is 8.01. The molecule has 0 fully saturated rings. The van der Waals surface area contributed by atoms with Crippen LogP contribution >= 0.6 is 0 Å². The molecule has 4 N–H and O–H groups in total. The number of nitrogens with two attached hydrogens (primary N) is 1. The van der Waals surface area contributed by atoms with E-state index in [0.29, 0.717) is 38.1 Å². The molecular formula is C17H25N5O3. The van der Waals surface area contributed by atoms with Crippen LogP contribution in [0.25, 0.3) is 0 Å². The predicted octanol–water partition coefficient (Wildman–Crippen LogP) is 1.63. The molecule has 2 rings (SSSR count). The minimum atomic E-state index is -0.115. The molecule has 0 unspecified atom stereocenters. The molecule has 0 spiro atoms. The van der Waals surface area contributed by atoms with Crippen LogP contribution in [-0.4, -0.2) is 56.6 Å². The number of aromatic nitrogens is 2. The summed E-state index contributed by atoms with van der Waals surface area (Å²) in [6.07, 6.45) is 1.68. The van der Waals surface area contributed by atoms with E-state index in [0.717, 1.165) is 11.4 Å². The maximum absolute atomic E-state index is 5.87. The Morgan fingerprint density at radius 2 is 1.88 bits per heavy atom. The molecule has 1 atom stereocenters. The molecule has 0 saturated heterocycles. The fraction of sp³-hybridized carbons (Fsp3) is 0.412. The highest BCUT2D eigenvalue weighted by molar-refractivity contribution is 5.57. The van der Waals surface area contributed by atoms with Crippen LogP contribution in [0.1, 0.15) is 0 Å². The van der Waals surface area contributed by atoms with Crippen LogP contribution in [0, 0.1) is 0 Å². The molecule has 8 heteroatoms. The standard InChI is InChI=1S/C17H25N5O3/c1-23-9-10-25-15-5-3-14(4-6-15)21-16-7-8-19-17(22-16)20-11-13(18)12-24-2/h3-8,13H,9-12,18H2,1-2H3,(H2,19,20,21,22)/t13-/m1/s1. The minimum Gasteiger partial charge on any atom is -0.491 e. The molecule has 2 aromatic rings. The van der Waals surface area contributed by atoms with Crippen molar-refractivity contribution >= 4 is 17.5 Å². The highest BCUT2D eigenvalue weighted by Crippen LogP contribution is 2.19. The monoisotopic (exact) mass is 347 g/mol. The highest BCUT2D eigenvalue weighted by atomic mass is 16.5. The van der Waals surface area contributed by atoms with Crippen molar-refractivity contribution in [1.29, 1.82) is 0 Å². The number of nitrogens with zero attached hydrogens (tertiary/aromatic N) is 2. The molecule has 25 heavy (non-hydrogen) atoms. The first-order chi connectivity index (χ1) is 12.2. The van der Waals surface area contributed by atoms with Crippen molar-refractivity contribution in [2.75, 3.05) is 51.2 Å². The van der Waals surface area contributed by atoms with E-state index in [1.807, 2.05) is 24.3 Å². The normalized spacial score (nSPS) is 11.8. The molecule has 0 saturated carbocycles. The minimum absolute atomic E-state index is 0.115. The number of anilines is 3. The van der Waals surface area contributed by atoms with Crippen molar-refractivity contribution in [3.05, 3.63) is 36.5 Å². The highest BCUT2D eigenvalue weighted by Gasteiger charge is 2.04. The summed E-state index contributed by atoms with van der Waals surface area (Å²) in [5.74, 6) is 1.99. The average Bonchev–Trinajstić information content (AvgIpc) is 2.62. The zero-order valence-electron chi connectivity index (χ0n) is 14.6. The first kappa shape index (κ1) is 18.9. The number of benzene rings is 1. The lowest BCUT2D eigenvalue weighted by Gasteiger charge is -2.12. The molecule has 136 valence electrons. The molecular weight excluding hydrogens is 322 g/mol. The zero-order valence-corrected chi connectivity index (χ0v) is 14.6. The lowest BCUT2D eigenvalue weighted by molar-refractivity contribution is 0.146. The van der Waals surface area contributed by atoms with Crippen LogP contribution < -0.4 is 21.1 Å². The van der Waals surface area contributed by atoms with Gasteiger partial charge >= 0.3 is 0 Å². The summed E-state index contributed by atoms with van der Waals surface area (Å²) in [5.41, 5.74) is 6.78. The van der Waals surface area contributed by atoms with Gasteiger partial charge in [-0.15, -0.1) is 0 Å². The molecule has 0 amide bonds. The van der Waals surface area contributed by atoms with Crippen molar-refractivity contribution in [1.82, 2.24) is 9.97 Å². The fourth-order valence-corrected chi connectivity index (χ4v) is 2.03. The number of rotatable bonds is 11. The smallest absolute Gasteiger partial charge is 0.224 e. The molecule has 0 aliphatic carbocycles. The summed E-state index contributed by atoms with van der Waals surface area (Å²) in [6, 6.07) is 9.31. The SMILES string of the molecule is COCCOc1ccc(Nc2ccnc(NC[C@@H](N)COC)n2)cc1. The second-order valence-corrected chi connectivity index (χ2v) is 5.35. The number of nitrogens with one attached hydrogen (secondary N) is 2. The molecule has 0 bridgehead atoms. The number of hydrogen-bond acceptors (Lipinski definition) is 8. The quantitative estimate of drug-likeness (QED) is 0.527. The van der Waals surface area contributed by atoms with E-state index in [9.17, 15) is 0 Å². The maximum atomic E-state index is 5.87. The van der Waals surface area contributed by atoms with Gasteiger partial charge in [-0.05, 0) is 30.3 Å². The zero-order chi connectivity index (χ0) is 17.9. The summed E-state index contributed by atoms with van der Waals surface area (Å²) >= 11 is 0. The van der Waals surface area contributed by atoms with Gasteiger partial charge in [0.25, 0.3) is 0 Å². The molecule has 0 radical (unpaired) electrons. The van der Waals surface area contributed by atoms with E-state index in [1.54, 1.807) is 26.5 Å². The Labute approximate surface area is 147 Å². The first-order valence-corrected chi connectivity index (χ1v) is 8.01. The van der Waals surface area contributed by atoms with Crippen molar-refractivity contribution in [3.8, 4) is 5.75 Å². The second-order valence-electron chi connectivity index (χ2n) is 5.35. The van der Waals surface area contributed by atoms with Crippen LogP contribution in [0.5, 0.6) is 5.75 Å². The van der Waals surface area contributed by atoms with E-state index in [2.05, 4.69) is 20.6 Å². The summed E-state index contributed by atoms with van der Waals surface area (Å²) in [5, 5.41) is 6.32. The Morgan fingerprint density at radius 1 is 1.08 bits per heavy atom. The average molecular weight is 347 g/mol. The molecule has 1 aromatic carbocycles. The summed E-state index contributed by atoms with van der Waals surface area (Å²) in [7, 11) is 3.27. The fourth-order valence-electron chi connectivity index (χ4n) is 2.03. The van der Waals surface area contributed by atoms with E-state index in [-0.39, 0.29) is 6.04 Å². The maximum Gasteiger partial charge on any atom is 0.224 e. The Balaban J connectivity index is 1.88. The van der Waals surface area contributed by atoms with Crippen molar-refractivity contribution in [2.24, 2.45) is 5.73 Å². The lowest BCUT2D eigenvalue weighted by Crippen LogP contribution is -2.33. The van der Waals surface area contributed by atoms with Gasteiger partial charge in [0.05, 0.1) is 13.2 Å². The van der Waals surface area contributed by atoms with E-state index in [4.69, 9.17) is 19.9 Å². The van der Waals surface area contributed by atoms with Gasteiger partial charge in [0, 0.05) is 38.7 Å². The van der Waals surface area contributed by atoms with Gasteiger partial charge in [-0.1, -0.05) is 0 Å². The third-order valence-corrected chi connectivity index (χ3v) is 3.24. The largest absolute Gasteiger partial charge is 0.491 e. The number of methoxy groups -OCH3 is 2. The topological polar surface area (TPSA) is 104 Å². The summed E-state index contributed by atoms with van der Waals surface area (Å²) in [6.45, 7) is 2.09. The van der Waals surface area contributed by atoms with E-state index >= 15 is 0 Å². The van der Waals surface area contributed by atoms with Crippen LogP contribution in [0.3, 0.4) is 0 Å². The number of hydrogen-bond donors (Lipinski definition) is 3. The molecule has 1 heterocycles. The lowest BCUT2D eigenvalue weighted by atomic mass is 10.3. The number of ether oxygens (including phenoxy) is 3. The van der Waals surface area contributed by atoms with Crippen LogP contribution in [0.15, 0.2) is 36.5 Å². The Morgan fingerprint density at radius 3 is 2.60 bits per heavy atom. The molecule has 8 nitrogen and oxygen atoms in total. The summed E-state index contributed by atoms with van der Waals surface area (Å²) in [4.78, 5) is 8.58. The third kappa shape index (κ3) is 6.92. The van der Waals surface area contributed by atoms with Crippen molar-refractivity contribution < 1.29 is 14.2 Å². The van der Waals surface area contributed by atoms with Gasteiger partial charge in [0.1, 0.15) is 18.2 Å². The Kier molecular flexibility index (Phi) is 7.90. The molecule has 1 aromatic heterocycles. The van der Waals surface area contributed by atoms with Gasteiger partial charge in [-0.3, -0.25) is 0 Å². The second kappa shape index (κ2) is 10.4. The van der Waals surface area contributed by atoms with Gasteiger partial charge in [-0.25, -0.2) is 4.98 Å². The van der Waals surface area contributed by atoms with Crippen LogP contribution in [-0.2, 0) is 9.47 Å². The van der Waals surface area contributed by atoms with E-state index in [1.165, 1.54) is 0 Å². The van der Waals surface area contributed by atoms with Gasteiger partial charge in [0.15, 0.2) is 0 Å². The summed E-state index contributed by atoms with van der Waals surface area (Å²) < 4.78 is 15.5. The van der Waals surface area contributed by atoms with Crippen LogP contribution in [0.4, 0.5) is 17.5 Å². The van der Waals surface area contributed by atoms with E-state index < -0.39 is 0 Å². The Bertz CT molecular complexity index is 624. The van der Waals surface area contributed by atoms with Crippen LogP contribution in [0.2, 0.25) is 0 Å². The van der Waals surface area contributed by atoms with Crippen molar-refractivity contribution in [3.63, 3.8) is 0 Å². The van der Waals surface area contributed by atoms with Crippen molar-refractivity contribution in [2.45, 2.75) is 6.04 Å². The molecule has 0 aliphatic heterocycles.